The van der Waals surface area contributed by atoms with Gasteiger partial charge in [-0.15, -0.1) is 0 Å². The number of carbonyl (C=O) groups excluding carboxylic acids is 1. The van der Waals surface area contributed by atoms with Gasteiger partial charge < -0.3 is 9.84 Å². The number of ether oxygens (including phenoxy) is 1. The highest BCUT2D eigenvalue weighted by atomic mass is 16.6. The third-order valence-corrected chi connectivity index (χ3v) is 6.62. The summed E-state index contributed by atoms with van der Waals surface area (Å²) < 4.78 is 5.98. The van der Waals surface area contributed by atoms with E-state index in [4.69, 9.17) is 9.84 Å². The van der Waals surface area contributed by atoms with Crippen LogP contribution in [0.5, 0.6) is 0 Å². The highest BCUT2D eigenvalue weighted by Gasteiger charge is 2.54. The Bertz CT molecular complexity index is 486. The van der Waals surface area contributed by atoms with E-state index in [1.807, 2.05) is 0 Å². The first kappa shape index (κ1) is 22.9. The first-order valence-electron chi connectivity index (χ1n) is 10.1. The molecule has 0 spiro atoms. The molecule has 0 bridgehead atoms. The van der Waals surface area contributed by atoms with Gasteiger partial charge in [-0.3, -0.25) is 14.5 Å². The Kier molecular flexibility index (Phi) is 8.12. The predicted molar refractivity (Wildman–Crippen MR) is 104 cm³/mol. The second-order valence-electron chi connectivity index (χ2n) is 9.15. The van der Waals surface area contributed by atoms with Crippen molar-refractivity contribution < 1.29 is 19.4 Å². The smallest absolute Gasteiger partial charge is 0.306 e. The number of carbonyl (C=O) groups is 2. The maximum absolute atomic E-state index is 12.4. The average Bonchev–Trinajstić information content (AvgIpc) is 2.53. The molecule has 26 heavy (non-hydrogen) atoms. The maximum Gasteiger partial charge on any atom is 0.306 e. The summed E-state index contributed by atoms with van der Waals surface area (Å²) in [5.74, 6) is -0.819. The van der Waals surface area contributed by atoms with Crippen LogP contribution in [-0.4, -0.2) is 45.7 Å². The van der Waals surface area contributed by atoms with Crippen LogP contribution in [0.4, 0.5) is 0 Å². The second-order valence-corrected chi connectivity index (χ2v) is 9.15. The van der Waals surface area contributed by atoms with Crippen LogP contribution < -0.4 is 0 Å². The van der Waals surface area contributed by atoms with Gasteiger partial charge in [0.15, 0.2) is 0 Å². The van der Waals surface area contributed by atoms with Crippen LogP contribution in [0.3, 0.4) is 0 Å². The monoisotopic (exact) mass is 369 g/mol. The summed E-state index contributed by atoms with van der Waals surface area (Å²) in [7, 11) is 2.12. The quantitative estimate of drug-likeness (QED) is 0.443. The molecule has 5 heteroatoms. The highest BCUT2D eigenvalue weighted by Crippen LogP contribution is 2.45. The first-order chi connectivity index (χ1) is 11.9. The van der Waals surface area contributed by atoms with Gasteiger partial charge in [0, 0.05) is 18.4 Å². The molecule has 1 fully saturated rings. The SMILES string of the molecule is CN1C(C)(C)CCC(C)(OC(=O)CCCCCCCCC(=O)O)C1(C)C. The lowest BCUT2D eigenvalue weighted by Crippen LogP contribution is -2.69. The molecule has 0 aromatic heterocycles. The molecule has 1 saturated heterocycles. The van der Waals surface area contributed by atoms with Gasteiger partial charge in [0.05, 0.1) is 5.54 Å². The number of rotatable bonds is 10. The summed E-state index contributed by atoms with van der Waals surface area (Å²) in [6, 6.07) is 0. The van der Waals surface area contributed by atoms with Crippen LogP contribution in [0.25, 0.3) is 0 Å². The van der Waals surface area contributed by atoms with Gasteiger partial charge in [0.25, 0.3) is 0 Å². The number of hydrogen-bond acceptors (Lipinski definition) is 4. The fourth-order valence-electron chi connectivity index (χ4n) is 3.86. The fraction of sp³-hybridized carbons (Fsp3) is 0.905. The lowest BCUT2D eigenvalue weighted by molar-refractivity contribution is -0.195. The van der Waals surface area contributed by atoms with E-state index < -0.39 is 11.6 Å². The Morgan fingerprint density at radius 2 is 1.38 bits per heavy atom. The summed E-state index contributed by atoms with van der Waals surface area (Å²) in [4.78, 5) is 25.2. The molecule has 152 valence electrons. The minimum absolute atomic E-state index is 0.0976. The zero-order valence-electron chi connectivity index (χ0n) is 17.7. The van der Waals surface area contributed by atoms with Crippen molar-refractivity contribution in [3.05, 3.63) is 0 Å². The van der Waals surface area contributed by atoms with E-state index in [0.29, 0.717) is 6.42 Å². The minimum Gasteiger partial charge on any atom is -0.481 e. The van der Waals surface area contributed by atoms with Gasteiger partial charge in [-0.2, -0.15) is 0 Å². The lowest BCUT2D eigenvalue weighted by Gasteiger charge is -2.59. The predicted octanol–water partition coefficient (Wildman–Crippen LogP) is 4.78. The number of likely N-dealkylation sites (tertiary alicyclic amines) is 1. The van der Waals surface area contributed by atoms with E-state index in [-0.39, 0.29) is 23.5 Å². The number of nitrogens with zero attached hydrogens (tertiary/aromatic N) is 1. The molecule has 0 aromatic rings. The van der Waals surface area contributed by atoms with Crippen molar-refractivity contribution >= 4 is 11.9 Å². The van der Waals surface area contributed by atoms with Gasteiger partial charge in [-0.1, -0.05) is 25.7 Å². The van der Waals surface area contributed by atoms with Crippen LogP contribution in [0.1, 0.15) is 98.8 Å². The second kappa shape index (κ2) is 9.20. The third kappa shape index (κ3) is 5.97. The van der Waals surface area contributed by atoms with E-state index in [0.717, 1.165) is 51.4 Å². The molecule has 1 unspecified atom stereocenters. The van der Waals surface area contributed by atoms with Crippen LogP contribution in [-0.2, 0) is 14.3 Å². The zero-order valence-corrected chi connectivity index (χ0v) is 17.7. The molecule has 0 radical (unpaired) electrons. The number of esters is 1. The van der Waals surface area contributed by atoms with Crippen molar-refractivity contribution in [3.8, 4) is 0 Å². The zero-order chi connectivity index (χ0) is 20.0. The molecule has 0 aromatic carbocycles. The van der Waals surface area contributed by atoms with Crippen molar-refractivity contribution in [1.29, 1.82) is 0 Å². The maximum atomic E-state index is 12.4. The Hall–Kier alpha value is -1.10. The van der Waals surface area contributed by atoms with E-state index >= 15 is 0 Å². The molecule has 1 atom stereocenters. The standard InChI is InChI=1S/C21H39NO4/c1-19(2)15-16-21(5,20(3,4)22(19)6)26-18(25)14-12-10-8-7-9-11-13-17(23)24/h7-16H2,1-6H3,(H,23,24). The van der Waals surface area contributed by atoms with Crippen LogP contribution in [0, 0.1) is 0 Å². The number of piperidine rings is 1. The third-order valence-electron chi connectivity index (χ3n) is 6.62. The van der Waals surface area contributed by atoms with Gasteiger partial charge in [-0.25, -0.2) is 0 Å². The molecular formula is C21H39NO4. The van der Waals surface area contributed by atoms with E-state index in [2.05, 4.69) is 46.6 Å². The molecule has 1 aliphatic rings. The first-order valence-corrected chi connectivity index (χ1v) is 10.1. The molecule has 0 aliphatic carbocycles. The molecule has 0 saturated carbocycles. The molecule has 1 N–H and O–H groups in total. The molecular weight excluding hydrogens is 330 g/mol. The number of unbranched alkanes of at least 4 members (excludes halogenated alkanes) is 5. The number of aliphatic carboxylic acids is 1. The summed E-state index contributed by atoms with van der Waals surface area (Å²) in [6.45, 7) is 10.9. The fourth-order valence-corrected chi connectivity index (χ4v) is 3.86. The lowest BCUT2D eigenvalue weighted by atomic mass is 9.70. The van der Waals surface area contributed by atoms with Gasteiger partial charge in [-0.05, 0) is 67.3 Å². The Labute approximate surface area is 159 Å². The van der Waals surface area contributed by atoms with Gasteiger partial charge in [0.2, 0.25) is 0 Å². The number of carboxylic acids is 1. The Morgan fingerprint density at radius 1 is 0.885 bits per heavy atom. The Balaban J connectivity index is 2.33. The van der Waals surface area contributed by atoms with Crippen LogP contribution in [0.15, 0.2) is 0 Å². The topological polar surface area (TPSA) is 66.8 Å². The molecule has 5 nitrogen and oxygen atoms in total. The number of hydrogen-bond donors (Lipinski definition) is 1. The van der Waals surface area contributed by atoms with Crippen LogP contribution >= 0.6 is 0 Å². The Morgan fingerprint density at radius 3 is 1.92 bits per heavy atom. The van der Waals surface area contributed by atoms with Crippen molar-refractivity contribution in [2.24, 2.45) is 0 Å². The number of likely N-dealkylation sites (N-methyl/N-ethyl adjacent to an activating group) is 1. The molecule has 0 amide bonds. The molecule has 1 rings (SSSR count). The molecule has 1 aliphatic heterocycles. The summed E-state index contributed by atoms with van der Waals surface area (Å²) in [5, 5.41) is 8.60. The van der Waals surface area contributed by atoms with E-state index in [1.54, 1.807) is 0 Å². The summed E-state index contributed by atoms with van der Waals surface area (Å²) in [6.07, 6.45) is 8.23. The van der Waals surface area contributed by atoms with Gasteiger partial charge in [0.1, 0.15) is 5.60 Å². The normalized spacial score (nSPS) is 25.0. The van der Waals surface area contributed by atoms with Crippen molar-refractivity contribution in [1.82, 2.24) is 4.90 Å². The largest absolute Gasteiger partial charge is 0.481 e. The molecule has 1 heterocycles. The number of carboxylic acid groups (broad SMARTS) is 1. The van der Waals surface area contributed by atoms with Crippen molar-refractivity contribution in [2.75, 3.05) is 7.05 Å². The summed E-state index contributed by atoms with van der Waals surface area (Å²) >= 11 is 0. The average molecular weight is 370 g/mol. The van der Waals surface area contributed by atoms with Crippen LogP contribution in [0.2, 0.25) is 0 Å². The van der Waals surface area contributed by atoms with Crippen molar-refractivity contribution in [2.45, 2.75) is 116 Å². The van der Waals surface area contributed by atoms with E-state index in [1.165, 1.54) is 0 Å². The highest BCUT2D eigenvalue weighted by molar-refractivity contribution is 5.70. The summed E-state index contributed by atoms with van der Waals surface area (Å²) in [5.41, 5.74) is -0.574. The van der Waals surface area contributed by atoms with Gasteiger partial charge >= 0.3 is 11.9 Å². The van der Waals surface area contributed by atoms with Crippen molar-refractivity contribution in [3.63, 3.8) is 0 Å². The minimum atomic E-state index is -0.721. The van der Waals surface area contributed by atoms with E-state index in [9.17, 15) is 9.59 Å².